The van der Waals surface area contributed by atoms with E-state index in [1.165, 1.54) is 0 Å². The number of Topliss-reactive ketones (excluding diaryl/α,β-unsaturated/α-hetero) is 1. The molecule has 3 nitrogen and oxygen atoms in total. The van der Waals surface area contributed by atoms with Crippen LogP contribution in [0.15, 0.2) is 0 Å². The Balaban J connectivity index is 2.35. The molecule has 86 valence electrons. The van der Waals surface area contributed by atoms with E-state index in [0.717, 1.165) is 17.9 Å². The molecule has 1 saturated heterocycles. The van der Waals surface area contributed by atoms with Gasteiger partial charge in [0.2, 0.25) is 5.91 Å². The molecule has 4 heteroatoms. The van der Waals surface area contributed by atoms with E-state index in [9.17, 15) is 9.59 Å². The first-order valence-electron chi connectivity index (χ1n) is 5.54. The van der Waals surface area contributed by atoms with Crippen LogP contribution in [-0.2, 0) is 9.59 Å². The Morgan fingerprint density at radius 3 is 2.80 bits per heavy atom. The van der Waals surface area contributed by atoms with E-state index in [2.05, 4.69) is 13.8 Å². The van der Waals surface area contributed by atoms with Gasteiger partial charge in [-0.1, -0.05) is 6.92 Å². The number of likely N-dealkylation sites (tertiary alicyclic amines) is 1. The number of rotatable bonds is 5. The van der Waals surface area contributed by atoms with E-state index < -0.39 is 0 Å². The van der Waals surface area contributed by atoms with Crippen molar-refractivity contribution in [2.24, 2.45) is 0 Å². The van der Waals surface area contributed by atoms with Crippen LogP contribution in [0.1, 0.15) is 33.1 Å². The quantitative estimate of drug-likeness (QED) is 0.532. The lowest BCUT2D eigenvalue weighted by molar-refractivity contribution is -0.141. The Morgan fingerprint density at radius 1 is 1.47 bits per heavy atom. The minimum atomic E-state index is 0.0141. The van der Waals surface area contributed by atoms with Crippen molar-refractivity contribution in [2.75, 3.05) is 18.1 Å². The first-order chi connectivity index (χ1) is 7.15. The van der Waals surface area contributed by atoms with E-state index in [0.29, 0.717) is 13.0 Å². The number of carbonyl (C=O) groups is 2. The van der Waals surface area contributed by atoms with Crippen LogP contribution in [0.2, 0.25) is 0 Å². The first kappa shape index (κ1) is 12.6. The zero-order chi connectivity index (χ0) is 11.3. The highest BCUT2D eigenvalue weighted by molar-refractivity contribution is 7.99. The second kappa shape index (κ2) is 6.16. The average Bonchev–Trinajstić information content (AvgIpc) is 2.17. The molecule has 0 bridgehead atoms. The lowest BCUT2D eigenvalue weighted by atomic mass is 10.1. The molecule has 0 aliphatic carbocycles. The van der Waals surface area contributed by atoms with Gasteiger partial charge in [-0.3, -0.25) is 9.59 Å². The highest BCUT2D eigenvalue weighted by atomic mass is 32.2. The van der Waals surface area contributed by atoms with Crippen LogP contribution in [0.4, 0.5) is 0 Å². The topological polar surface area (TPSA) is 37.4 Å². The molecule has 0 aromatic heterocycles. The average molecular weight is 229 g/mol. The van der Waals surface area contributed by atoms with Crippen LogP contribution in [-0.4, -0.2) is 40.7 Å². The summed E-state index contributed by atoms with van der Waals surface area (Å²) in [5, 5.41) is 0. The van der Waals surface area contributed by atoms with Crippen LogP contribution in [0, 0.1) is 0 Å². The maximum atomic E-state index is 11.6. The fraction of sp³-hybridized carbons (Fsp3) is 0.818. The molecular weight excluding hydrogens is 210 g/mol. The third-order valence-electron chi connectivity index (χ3n) is 2.72. The molecule has 1 aliphatic heterocycles. The van der Waals surface area contributed by atoms with Crippen LogP contribution in [0.5, 0.6) is 0 Å². The van der Waals surface area contributed by atoms with Gasteiger partial charge in [0.05, 0.1) is 6.42 Å². The standard InChI is InChI=1S/C11H19NO2S/c1-3-15-7-5-9(2)12-6-4-10(13)8-11(12)14/h9H,3-8H2,1-2H3. The molecule has 0 N–H and O–H groups in total. The Kier molecular flexibility index (Phi) is 5.15. The fourth-order valence-electron chi connectivity index (χ4n) is 1.75. The second-order valence-corrected chi connectivity index (χ2v) is 5.28. The van der Waals surface area contributed by atoms with Crippen LogP contribution in [0.3, 0.4) is 0 Å². The summed E-state index contributed by atoms with van der Waals surface area (Å²) in [5.74, 6) is 2.32. The lowest BCUT2D eigenvalue weighted by Crippen LogP contribution is -2.44. The molecule has 0 saturated carbocycles. The molecule has 0 aromatic carbocycles. The number of hydrogen-bond acceptors (Lipinski definition) is 3. The summed E-state index contributed by atoms with van der Waals surface area (Å²) in [5.41, 5.74) is 0. The summed E-state index contributed by atoms with van der Waals surface area (Å²) >= 11 is 1.90. The van der Waals surface area contributed by atoms with Crippen LogP contribution >= 0.6 is 11.8 Å². The summed E-state index contributed by atoms with van der Waals surface area (Å²) in [6, 6.07) is 0.282. The number of nitrogens with zero attached hydrogens (tertiary/aromatic N) is 1. The van der Waals surface area contributed by atoms with E-state index in [1.54, 1.807) is 0 Å². The van der Waals surface area contributed by atoms with E-state index in [-0.39, 0.29) is 24.2 Å². The summed E-state index contributed by atoms with van der Waals surface area (Å²) in [6.07, 6.45) is 1.68. The number of hydrogen-bond donors (Lipinski definition) is 0. The van der Waals surface area contributed by atoms with Crippen molar-refractivity contribution in [1.29, 1.82) is 0 Å². The molecule has 0 radical (unpaired) electrons. The fourth-order valence-corrected chi connectivity index (χ4v) is 2.55. The van der Waals surface area contributed by atoms with Gasteiger partial charge >= 0.3 is 0 Å². The lowest BCUT2D eigenvalue weighted by Gasteiger charge is -2.32. The number of ketones is 1. The van der Waals surface area contributed by atoms with Gasteiger partial charge in [0.25, 0.3) is 0 Å². The maximum absolute atomic E-state index is 11.6. The van der Waals surface area contributed by atoms with E-state index in [4.69, 9.17) is 0 Å². The molecular formula is C11H19NO2S. The molecule has 0 spiro atoms. The monoisotopic (exact) mass is 229 g/mol. The van der Waals surface area contributed by atoms with Crippen molar-refractivity contribution in [2.45, 2.75) is 39.2 Å². The minimum Gasteiger partial charge on any atom is -0.339 e. The highest BCUT2D eigenvalue weighted by Crippen LogP contribution is 2.15. The van der Waals surface area contributed by atoms with Crippen LogP contribution in [0.25, 0.3) is 0 Å². The Labute approximate surface area is 95.6 Å². The maximum Gasteiger partial charge on any atom is 0.230 e. The number of carbonyl (C=O) groups excluding carboxylic acids is 2. The van der Waals surface area contributed by atoms with Crippen molar-refractivity contribution in [3.63, 3.8) is 0 Å². The molecule has 1 aliphatic rings. The Morgan fingerprint density at radius 2 is 2.20 bits per heavy atom. The number of thioether (sulfide) groups is 1. The highest BCUT2D eigenvalue weighted by Gasteiger charge is 2.26. The van der Waals surface area contributed by atoms with Crippen molar-refractivity contribution < 1.29 is 9.59 Å². The molecule has 0 aromatic rings. The van der Waals surface area contributed by atoms with Gasteiger partial charge in [0.15, 0.2) is 0 Å². The molecule has 1 unspecified atom stereocenters. The van der Waals surface area contributed by atoms with Crippen molar-refractivity contribution in [1.82, 2.24) is 4.90 Å². The molecule has 1 fully saturated rings. The summed E-state index contributed by atoms with van der Waals surface area (Å²) in [6.45, 7) is 4.83. The van der Waals surface area contributed by atoms with Gasteiger partial charge in [-0.15, -0.1) is 0 Å². The first-order valence-corrected chi connectivity index (χ1v) is 6.69. The van der Waals surface area contributed by atoms with Crippen molar-refractivity contribution >= 4 is 23.5 Å². The van der Waals surface area contributed by atoms with Gasteiger partial charge in [0, 0.05) is 19.0 Å². The van der Waals surface area contributed by atoms with E-state index >= 15 is 0 Å². The van der Waals surface area contributed by atoms with Crippen LogP contribution < -0.4 is 0 Å². The number of piperidine rings is 1. The zero-order valence-electron chi connectivity index (χ0n) is 9.49. The normalized spacial score (nSPS) is 19.5. The van der Waals surface area contributed by atoms with Gasteiger partial charge in [-0.2, -0.15) is 11.8 Å². The predicted octanol–water partition coefficient (Wildman–Crippen LogP) is 1.71. The molecule has 1 atom stereocenters. The Hall–Kier alpha value is -0.510. The van der Waals surface area contributed by atoms with E-state index in [1.807, 2.05) is 16.7 Å². The molecule has 15 heavy (non-hydrogen) atoms. The van der Waals surface area contributed by atoms with Crippen molar-refractivity contribution in [3.05, 3.63) is 0 Å². The molecule has 1 rings (SSSR count). The summed E-state index contributed by atoms with van der Waals surface area (Å²) < 4.78 is 0. The van der Waals surface area contributed by atoms with Gasteiger partial charge in [0.1, 0.15) is 5.78 Å². The SMILES string of the molecule is CCSCCC(C)N1CCC(=O)CC1=O. The minimum absolute atomic E-state index is 0.0141. The van der Waals surface area contributed by atoms with Gasteiger partial charge in [-0.25, -0.2) is 0 Å². The largest absolute Gasteiger partial charge is 0.339 e. The summed E-state index contributed by atoms with van der Waals surface area (Å²) in [4.78, 5) is 24.5. The van der Waals surface area contributed by atoms with Gasteiger partial charge in [-0.05, 0) is 24.9 Å². The molecule has 1 amide bonds. The Bertz CT molecular complexity index is 243. The number of amides is 1. The second-order valence-electron chi connectivity index (χ2n) is 3.89. The summed E-state index contributed by atoms with van der Waals surface area (Å²) in [7, 11) is 0. The third kappa shape index (κ3) is 3.86. The molecule has 1 heterocycles. The van der Waals surface area contributed by atoms with Crippen molar-refractivity contribution in [3.8, 4) is 0 Å². The zero-order valence-corrected chi connectivity index (χ0v) is 10.3. The predicted molar refractivity (Wildman–Crippen MR) is 63.0 cm³/mol. The third-order valence-corrected chi connectivity index (χ3v) is 3.65. The smallest absolute Gasteiger partial charge is 0.230 e. The van der Waals surface area contributed by atoms with Gasteiger partial charge < -0.3 is 4.90 Å².